The first-order valence-electron chi connectivity index (χ1n) is 9.69. The van der Waals surface area contributed by atoms with E-state index in [1.807, 2.05) is 84.9 Å². The molecule has 0 fully saturated rings. The first kappa shape index (κ1) is 24.9. The molecule has 0 amide bonds. The monoisotopic (exact) mass is 487 g/mol. The van der Waals surface area contributed by atoms with Crippen molar-refractivity contribution in [2.45, 2.75) is 6.54 Å². The number of halogens is 1. The first-order chi connectivity index (χ1) is 14.6. The molecule has 0 N–H and O–H groups in total. The maximum absolute atomic E-state index is 14.7. The van der Waals surface area contributed by atoms with Crippen LogP contribution in [0.1, 0.15) is 11.1 Å². The zero-order valence-corrected chi connectivity index (χ0v) is 20.5. The Balaban J connectivity index is 0.00000341. The van der Waals surface area contributed by atoms with Crippen molar-refractivity contribution in [2.75, 3.05) is 12.1 Å². The third-order valence-corrected chi connectivity index (χ3v) is 4.72. The average molecular weight is 487 g/mol. The van der Waals surface area contributed by atoms with Crippen LogP contribution in [0, 0.1) is 0 Å². The molecular weight excluding hydrogens is 462 g/mol. The molecule has 0 saturated carbocycles. The van der Waals surface area contributed by atoms with E-state index in [-0.39, 0.29) is 39.3 Å². The van der Waals surface area contributed by atoms with E-state index in [2.05, 4.69) is 18.6 Å². The van der Waals surface area contributed by atoms with E-state index in [0.29, 0.717) is 11.0 Å². The molecule has 3 nitrogen and oxygen atoms in total. The fourth-order valence-electron chi connectivity index (χ4n) is 3.11. The number of anilines is 1. The predicted molar refractivity (Wildman–Crippen MR) is 125 cm³/mol. The van der Waals surface area contributed by atoms with Gasteiger partial charge in [0.1, 0.15) is 0 Å². The summed E-state index contributed by atoms with van der Waals surface area (Å²) in [6.45, 7) is 7.77. The topological polar surface area (TPSA) is 20.6 Å². The molecule has 0 bridgehead atoms. The average Bonchev–Trinajstić information content (AvgIpc) is 2.81. The Hall–Kier alpha value is -2.37. The molecule has 0 aliphatic rings. The molecule has 3 aromatic carbocycles. The third kappa shape index (κ3) is 6.81. The second-order valence-electron chi connectivity index (χ2n) is 6.74. The fourth-order valence-corrected chi connectivity index (χ4v) is 3.11. The summed E-state index contributed by atoms with van der Waals surface area (Å²) in [6.07, 6.45) is 5.38. The molecule has 0 saturated heterocycles. The van der Waals surface area contributed by atoms with Crippen molar-refractivity contribution in [3.63, 3.8) is 0 Å². The molecule has 31 heavy (non-hydrogen) atoms. The van der Waals surface area contributed by atoms with Gasteiger partial charge in [-0.25, -0.2) is 0 Å². The van der Waals surface area contributed by atoms with Crippen molar-refractivity contribution in [1.29, 1.82) is 0 Å². The van der Waals surface area contributed by atoms with E-state index >= 15 is 0 Å². The molecule has 0 unspecified atom stereocenters. The molecule has 3 aromatic rings. The van der Waals surface area contributed by atoms with Crippen LogP contribution in [0.25, 0.3) is 22.1 Å². The van der Waals surface area contributed by atoms with E-state index < -0.39 is 0 Å². The number of hydrogen-bond donors (Lipinski definition) is 0. The Morgan fingerprint density at radius 2 is 1.65 bits per heavy atom. The minimum Gasteiger partial charge on any atom is -0.540 e. The molecule has 0 aromatic heterocycles. The maximum Gasteiger partial charge on any atom is 0.0533 e. The number of rotatable bonds is 9. The van der Waals surface area contributed by atoms with Crippen molar-refractivity contribution in [3.8, 4) is 11.1 Å². The maximum atomic E-state index is 14.7. The molecule has 3 rings (SSSR count). The van der Waals surface area contributed by atoms with Crippen molar-refractivity contribution in [1.82, 2.24) is 5.34 Å². The molecular formula is C26H25FN3Y-. The summed E-state index contributed by atoms with van der Waals surface area (Å²) in [4.78, 5) is 0. The number of benzene rings is 3. The SMILES string of the molecule is C=C/C=C(\C=C)c1cccc(C[N-]N(F)N(C)c2cccc(-c3ccccc3)c2)c1.[Y]. The first-order valence-corrected chi connectivity index (χ1v) is 9.69. The van der Waals surface area contributed by atoms with E-state index in [1.54, 1.807) is 19.2 Å². The Morgan fingerprint density at radius 3 is 2.35 bits per heavy atom. The minimum atomic E-state index is 0. The normalized spacial score (nSPS) is 11.0. The number of hydrogen-bond acceptors (Lipinski definition) is 2. The van der Waals surface area contributed by atoms with Gasteiger partial charge in [0, 0.05) is 39.8 Å². The third-order valence-electron chi connectivity index (χ3n) is 4.72. The van der Waals surface area contributed by atoms with Crippen molar-refractivity contribution in [3.05, 3.63) is 127 Å². The summed E-state index contributed by atoms with van der Waals surface area (Å²) in [6, 6.07) is 25.5. The van der Waals surface area contributed by atoms with Crippen molar-refractivity contribution < 1.29 is 37.2 Å². The van der Waals surface area contributed by atoms with E-state index in [0.717, 1.165) is 27.8 Å². The second kappa shape index (κ2) is 12.5. The van der Waals surface area contributed by atoms with Gasteiger partial charge >= 0.3 is 0 Å². The van der Waals surface area contributed by atoms with Gasteiger partial charge in [-0.3, -0.25) is 5.01 Å². The summed E-state index contributed by atoms with van der Waals surface area (Å²) in [5.41, 5.74) is 9.73. The summed E-state index contributed by atoms with van der Waals surface area (Å²) in [7, 11) is 1.65. The van der Waals surface area contributed by atoms with E-state index in [9.17, 15) is 4.48 Å². The van der Waals surface area contributed by atoms with Crippen LogP contribution in [0.5, 0.6) is 0 Å². The standard InChI is InChI=1S/C26H25FN3.Y/c1-4-11-22(5-2)24-15-9-12-21(18-24)20-28-30(27)29(3)26-17-10-16-25(19-26)23-13-7-6-8-14-23;/h4-19H,1-2,20H2,3H3;/q-1;/b22-11+;. The van der Waals surface area contributed by atoms with Crippen LogP contribution in [0.4, 0.5) is 10.2 Å². The van der Waals surface area contributed by atoms with Crippen LogP contribution in [0.15, 0.2) is 110 Å². The molecule has 0 heterocycles. The molecule has 0 atom stereocenters. The van der Waals surface area contributed by atoms with Gasteiger partial charge in [0.2, 0.25) is 0 Å². The second-order valence-corrected chi connectivity index (χ2v) is 6.74. The van der Waals surface area contributed by atoms with Gasteiger partial charge in [-0.1, -0.05) is 104 Å². The van der Waals surface area contributed by atoms with E-state index in [4.69, 9.17) is 0 Å². The number of nitrogens with zero attached hydrogens (tertiary/aromatic N) is 3. The number of allylic oxidation sites excluding steroid dienone is 4. The van der Waals surface area contributed by atoms with Crippen molar-refractivity contribution >= 4 is 11.3 Å². The van der Waals surface area contributed by atoms with Gasteiger partial charge in [0.05, 0.1) is 5.69 Å². The van der Waals surface area contributed by atoms with Gasteiger partial charge in [-0.05, 0) is 34.4 Å². The van der Waals surface area contributed by atoms with Crippen LogP contribution >= 0.6 is 0 Å². The Kier molecular flexibility index (Phi) is 10.0. The smallest absolute Gasteiger partial charge is 0.0533 e. The van der Waals surface area contributed by atoms with Crippen LogP contribution in [0.3, 0.4) is 0 Å². The molecule has 0 aliphatic carbocycles. The summed E-state index contributed by atoms with van der Waals surface area (Å²) < 4.78 is 14.7. The minimum absolute atomic E-state index is 0. The zero-order chi connectivity index (χ0) is 21.3. The van der Waals surface area contributed by atoms with Gasteiger partial charge < -0.3 is 5.43 Å². The van der Waals surface area contributed by atoms with Crippen LogP contribution < -0.4 is 5.01 Å². The molecule has 1 radical (unpaired) electrons. The predicted octanol–water partition coefficient (Wildman–Crippen LogP) is 7.13. The Labute approximate surface area is 209 Å². The van der Waals surface area contributed by atoms with Crippen LogP contribution in [-0.2, 0) is 39.3 Å². The van der Waals surface area contributed by atoms with Gasteiger partial charge in [-0.15, -0.1) is 16.4 Å². The van der Waals surface area contributed by atoms with Gasteiger partial charge in [-0.2, -0.15) is 0 Å². The van der Waals surface area contributed by atoms with Gasteiger partial charge in [0.15, 0.2) is 0 Å². The van der Waals surface area contributed by atoms with E-state index in [1.165, 1.54) is 5.01 Å². The zero-order valence-electron chi connectivity index (χ0n) is 17.7. The number of hydrazine groups is 1. The van der Waals surface area contributed by atoms with Crippen LogP contribution in [0.2, 0.25) is 0 Å². The molecule has 155 valence electrons. The largest absolute Gasteiger partial charge is 0.540 e. The fraction of sp³-hybridized carbons (Fsp3) is 0.0769. The van der Waals surface area contributed by atoms with Gasteiger partial charge in [0.25, 0.3) is 0 Å². The van der Waals surface area contributed by atoms with Crippen LogP contribution in [-0.4, -0.2) is 12.4 Å². The molecule has 0 aliphatic heterocycles. The summed E-state index contributed by atoms with van der Waals surface area (Å²) in [5.74, 6) is 0. The van der Waals surface area contributed by atoms with Crippen molar-refractivity contribution in [2.24, 2.45) is 0 Å². The Morgan fingerprint density at radius 1 is 0.935 bits per heavy atom. The summed E-state index contributed by atoms with van der Waals surface area (Å²) >= 11 is 0. The molecule has 0 spiro atoms. The summed E-state index contributed by atoms with van der Waals surface area (Å²) in [5, 5.41) is 1.76. The Bertz CT molecular complexity index is 1030. The molecule has 5 heteroatoms. The quantitative estimate of drug-likeness (QED) is 0.182.